The minimum atomic E-state index is -4.96. The summed E-state index contributed by atoms with van der Waals surface area (Å²) in [4.78, 5) is 72.6. The molecule has 0 heterocycles. The normalized spacial score (nSPS) is 14.8. The number of unbranched alkanes of at least 4 members (excludes halogenated alkanes) is 34. The van der Waals surface area contributed by atoms with Gasteiger partial charge in [0.05, 0.1) is 26.4 Å². The van der Waals surface area contributed by atoms with E-state index in [-0.39, 0.29) is 25.7 Å². The van der Waals surface area contributed by atoms with E-state index in [0.717, 1.165) is 114 Å². The van der Waals surface area contributed by atoms with E-state index in [4.69, 9.17) is 37.0 Å². The van der Waals surface area contributed by atoms with E-state index >= 15 is 0 Å². The lowest BCUT2D eigenvalue weighted by Gasteiger charge is -2.21. The first kappa shape index (κ1) is 90.1. The van der Waals surface area contributed by atoms with Crippen molar-refractivity contribution in [3.05, 3.63) is 0 Å². The maximum atomic E-state index is 13.0. The Hall–Kier alpha value is -1.94. The molecule has 0 rings (SSSR count). The second-order valence-corrected chi connectivity index (χ2v) is 30.7. The summed E-state index contributed by atoms with van der Waals surface area (Å²) in [7, 11) is -9.91. The fourth-order valence-electron chi connectivity index (χ4n) is 11.0. The van der Waals surface area contributed by atoms with E-state index in [0.29, 0.717) is 31.6 Å². The first-order valence-corrected chi connectivity index (χ1v) is 40.8. The van der Waals surface area contributed by atoms with Crippen molar-refractivity contribution in [1.29, 1.82) is 0 Å². The van der Waals surface area contributed by atoms with Gasteiger partial charge >= 0.3 is 39.5 Å². The van der Waals surface area contributed by atoms with Gasteiger partial charge in [0.25, 0.3) is 0 Å². The Kier molecular flexibility index (Phi) is 61.3. The molecule has 0 radical (unpaired) electrons. The Morgan fingerprint density at radius 3 is 0.772 bits per heavy atom. The average molecular weight is 1350 g/mol. The fourth-order valence-corrected chi connectivity index (χ4v) is 12.5. The smallest absolute Gasteiger partial charge is 0.462 e. The second-order valence-electron chi connectivity index (χ2n) is 27.8. The highest BCUT2D eigenvalue weighted by Gasteiger charge is 2.30. The Bertz CT molecular complexity index is 1820. The van der Waals surface area contributed by atoms with Crippen LogP contribution < -0.4 is 0 Å². The summed E-state index contributed by atoms with van der Waals surface area (Å²) < 4.78 is 68.3. The Balaban J connectivity index is 5.20. The molecule has 0 spiro atoms. The molecule has 0 fully saturated rings. The molecule has 0 saturated heterocycles. The van der Waals surface area contributed by atoms with Gasteiger partial charge < -0.3 is 33.8 Å². The predicted octanol–water partition coefficient (Wildman–Crippen LogP) is 20.9. The molecule has 546 valence electrons. The zero-order valence-electron chi connectivity index (χ0n) is 60.2. The number of esters is 4. The Labute approximate surface area is 562 Å². The number of aliphatic hydroxyl groups excluding tert-OH is 1. The molecular formula is C73H142O17P2. The zero-order chi connectivity index (χ0) is 68.2. The lowest BCUT2D eigenvalue weighted by atomic mass is 9.99. The largest absolute Gasteiger partial charge is 0.472 e. The molecule has 0 aromatic heterocycles. The van der Waals surface area contributed by atoms with Gasteiger partial charge in [-0.2, -0.15) is 0 Å². The summed E-state index contributed by atoms with van der Waals surface area (Å²) in [5.74, 6) is 0.901. The number of hydrogen-bond donors (Lipinski definition) is 3. The van der Waals surface area contributed by atoms with E-state index in [2.05, 4.69) is 55.4 Å². The van der Waals surface area contributed by atoms with Crippen LogP contribution in [0.25, 0.3) is 0 Å². The summed E-state index contributed by atoms with van der Waals surface area (Å²) >= 11 is 0. The van der Waals surface area contributed by atoms with Gasteiger partial charge in [-0.25, -0.2) is 9.13 Å². The molecule has 0 amide bonds. The van der Waals surface area contributed by atoms with Crippen molar-refractivity contribution in [2.75, 3.05) is 39.6 Å². The number of phosphoric acid groups is 2. The topological polar surface area (TPSA) is 237 Å². The van der Waals surface area contributed by atoms with Crippen LogP contribution in [0.15, 0.2) is 0 Å². The molecule has 0 saturated carbocycles. The van der Waals surface area contributed by atoms with E-state index in [1.807, 2.05) is 0 Å². The number of aliphatic hydroxyl groups is 1. The van der Waals surface area contributed by atoms with Gasteiger partial charge in [-0.05, 0) is 49.4 Å². The standard InChI is InChI=1S/C73H142O17P2/c1-9-65(7)51-43-35-26-21-23-29-39-47-55-72(77)89-68(59-83-70(75)53-45-37-28-20-18-16-14-12-11-13-15-17-19-25-33-41-49-63(3)4)61-87-91(79,80)85-57-67(74)58-86-92(81,82)88-62-69(60-84-71(76)54-46-38-32-31-34-42-50-64(5)6)90-73(78)56-48-40-30-24-22-27-36-44-52-66(8)10-2/h63-69,74H,9-62H2,1-8H3,(H,79,80)(H,81,82)/t65?,66?,67-,68-,69-/m1/s1. The van der Waals surface area contributed by atoms with Gasteiger partial charge in [-0.15, -0.1) is 0 Å². The molecule has 3 N–H and O–H groups in total. The third-order valence-corrected chi connectivity index (χ3v) is 19.4. The van der Waals surface area contributed by atoms with Crippen molar-refractivity contribution in [2.45, 2.75) is 382 Å². The summed E-state index contributed by atoms with van der Waals surface area (Å²) in [6.45, 7) is 14.1. The number of ether oxygens (including phenoxy) is 4. The maximum absolute atomic E-state index is 13.0. The van der Waals surface area contributed by atoms with Gasteiger partial charge in [-0.1, -0.05) is 312 Å². The van der Waals surface area contributed by atoms with Gasteiger partial charge in [0.2, 0.25) is 0 Å². The van der Waals surface area contributed by atoms with Crippen LogP contribution in [0.2, 0.25) is 0 Å². The van der Waals surface area contributed by atoms with E-state index in [1.165, 1.54) is 161 Å². The minimum Gasteiger partial charge on any atom is -0.462 e. The number of carbonyl (C=O) groups excluding carboxylic acids is 4. The summed E-state index contributed by atoms with van der Waals surface area (Å²) in [5, 5.41) is 10.6. The monoisotopic (exact) mass is 1350 g/mol. The highest BCUT2D eigenvalue weighted by Crippen LogP contribution is 2.45. The van der Waals surface area contributed by atoms with Crippen molar-refractivity contribution in [3.8, 4) is 0 Å². The molecule has 0 aromatic rings. The quantitative estimate of drug-likeness (QED) is 0.0222. The van der Waals surface area contributed by atoms with Crippen LogP contribution in [0.1, 0.15) is 364 Å². The molecule has 92 heavy (non-hydrogen) atoms. The highest BCUT2D eigenvalue weighted by molar-refractivity contribution is 7.47. The molecule has 17 nitrogen and oxygen atoms in total. The molecule has 0 bridgehead atoms. The Morgan fingerprint density at radius 1 is 0.304 bits per heavy atom. The van der Waals surface area contributed by atoms with Gasteiger partial charge in [0.1, 0.15) is 19.3 Å². The Morgan fingerprint density at radius 2 is 0.522 bits per heavy atom. The van der Waals surface area contributed by atoms with Crippen molar-refractivity contribution >= 4 is 39.5 Å². The van der Waals surface area contributed by atoms with Crippen LogP contribution in [-0.4, -0.2) is 96.7 Å². The third-order valence-electron chi connectivity index (χ3n) is 17.5. The summed E-state index contributed by atoms with van der Waals surface area (Å²) in [5.41, 5.74) is 0. The molecule has 0 aliphatic heterocycles. The molecule has 4 unspecified atom stereocenters. The molecule has 0 aliphatic carbocycles. The van der Waals surface area contributed by atoms with Gasteiger partial charge in [-0.3, -0.25) is 37.3 Å². The number of hydrogen-bond acceptors (Lipinski definition) is 15. The van der Waals surface area contributed by atoms with Crippen molar-refractivity contribution < 1.29 is 80.2 Å². The second kappa shape index (κ2) is 62.6. The predicted molar refractivity (Wildman–Crippen MR) is 372 cm³/mol. The third kappa shape index (κ3) is 64.1. The van der Waals surface area contributed by atoms with E-state index in [1.54, 1.807) is 0 Å². The van der Waals surface area contributed by atoms with Crippen LogP contribution in [-0.2, 0) is 65.4 Å². The first-order chi connectivity index (χ1) is 44.2. The van der Waals surface area contributed by atoms with Crippen LogP contribution >= 0.6 is 15.6 Å². The van der Waals surface area contributed by atoms with Crippen molar-refractivity contribution in [2.24, 2.45) is 23.7 Å². The fraction of sp³-hybridized carbons (Fsp3) is 0.945. The maximum Gasteiger partial charge on any atom is 0.472 e. The van der Waals surface area contributed by atoms with Crippen LogP contribution in [0.4, 0.5) is 0 Å². The molecule has 0 aliphatic rings. The van der Waals surface area contributed by atoms with E-state index < -0.39 is 97.5 Å². The van der Waals surface area contributed by atoms with Crippen molar-refractivity contribution in [1.82, 2.24) is 0 Å². The lowest BCUT2D eigenvalue weighted by molar-refractivity contribution is -0.161. The first-order valence-electron chi connectivity index (χ1n) is 37.8. The summed E-state index contributed by atoms with van der Waals surface area (Å²) in [6, 6.07) is 0. The van der Waals surface area contributed by atoms with Gasteiger partial charge in [0, 0.05) is 25.7 Å². The molecule has 0 aromatic carbocycles. The molecule has 7 atom stereocenters. The molecular weight excluding hydrogens is 1210 g/mol. The van der Waals surface area contributed by atoms with Crippen molar-refractivity contribution in [3.63, 3.8) is 0 Å². The minimum absolute atomic E-state index is 0.103. The number of carbonyl (C=O) groups is 4. The number of rotatable bonds is 70. The lowest BCUT2D eigenvalue weighted by Crippen LogP contribution is -2.30. The van der Waals surface area contributed by atoms with Crippen LogP contribution in [0.3, 0.4) is 0 Å². The SMILES string of the molecule is CCC(C)CCCCCCCCCCC(=O)O[C@H](COC(=O)CCCCCCCCCCCCCCCCCCC(C)C)COP(=O)(O)OC[C@@H](O)COP(=O)(O)OC[C@@H](COC(=O)CCCCCCCCC(C)C)OC(=O)CCCCCCCCCCC(C)CC. The highest BCUT2D eigenvalue weighted by atomic mass is 31.2. The van der Waals surface area contributed by atoms with Crippen LogP contribution in [0.5, 0.6) is 0 Å². The average Bonchev–Trinajstić information content (AvgIpc) is 3.56. The summed E-state index contributed by atoms with van der Waals surface area (Å²) in [6.07, 6.45) is 46.0. The van der Waals surface area contributed by atoms with Gasteiger partial charge in [0.15, 0.2) is 12.2 Å². The van der Waals surface area contributed by atoms with Crippen LogP contribution in [0, 0.1) is 23.7 Å². The molecule has 19 heteroatoms. The zero-order valence-corrected chi connectivity index (χ0v) is 62.0. The number of phosphoric ester groups is 2. The van der Waals surface area contributed by atoms with E-state index in [9.17, 15) is 43.2 Å².